The molecule has 1 aliphatic heterocycles. The van der Waals surface area contributed by atoms with Crippen molar-refractivity contribution in [1.82, 2.24) is 0 Å². The SMILES string of the molecule is COc1ccc(Nc2ccc(N3C(=O)C4CC=CCC4C3=O)cc2[N+](=O)[O-])cc1Cl. The molecule has 0 radical (unpaired) electrons. The highest BCUT2D eigenvalue weighted by molar-refractivity contribution is 6.32. The number of allylic oxidation sites excluding steroid dienone is 2. The maximum Gasteiger partial charge on any atom is 0.294 e. The molecule has 2 aliphatic rings. The van der Waals surface area contributed by atoms with E-state index in [2.05, 4.69) is 5.32 Å². The van der Waals surface area contributed by atoms with Gasteiger partial charge in [-0.05, 0) is 43.2 Å². The van der Waals surface area contributed by atoms with Gasteiger partial charge in [0.15, 0.2) is 0 Å². The van der Waals surface area contributed by atoms with Gasteiger partial charge in [-0.15, -0.1) is 0 Å². The fourth-order valence-electron chi connectivity index (χ4n) is 3.87. The molecule has 2 atom stereocenters. The monoisotopic (exact) mass is 427 g/mol. The van der Waals surface area contributed by atoms with Crippen LogP contribution in [0.15, 0.2) is 48.6 Å². The lowest BCUT2D eigenvalue weighted by molar-refractivity contribution is -0.383. The van der Waals surface area contributed by atoms with Gasteiger partial charge in [-0.3, -0.25) is 19.7 Å². The van der Waals surface area contributed by atoms with Gasteiger partial charge in [-0.1, -0.05) is 23.8 Å². The zero-order valence-electron chi connectivity index (χ0n) is 16.0. The van der Waals surface area contributed by atoms with Crippen LogP contribution in [0, 0.1) is 22.0 Å². The van der Waals surface area contributed by atoms with Crippen LogP contribution >= 0.6 is 11.6 Å². The first-order valence-corrected chi connectivity index (χ1v) is 9.70. The minimum atomic E-state index is -0.559. The number of carbonyl (C=O) groups excluding carboxylic acids is 2. The highest BCUT2D eigenvalue weighted by atomic mass is 35.5. The van der Waals surface area contributed by atoms with Gasteiger partial charge in [-0.2, -0.15) is 0 Å². The normalized spacial score (nSPS) is 20.3. The summed E-state index contributed by atoms with van der Waals surface area (Å²) in [4.78, 5) is 37.7. The number of halogens is 1. The van der Waals surface area contributed by atoms with Gasteiger partial charge < -0.3 is 10.1 Å². The van der Waals surface area contributed by atoms with E-state index < -0.39 is 16.8 Å². The number of amides is 2. The Morgan fingerprint density at radius 3 is 2.33 bits per heavy atom. The Bertz CT molecular complexity index is 1060. The van der Waals surface area contributed by atoms with E-state index in [4.69, 9.17) is 16.3 Å². The predicted octanol–water partition coefficient (Wildman–Crippen LogP) is 4.46. The quantitative estimate of drug-likeness (QED) is 0.327. The summed E-state index contributed by atoms with van der Waals surface area (Å²) in [5, 5.41) is 15.0. The van der Waals surface area contributed by atoms with Crippen molar-refractivity contribution in [2.24, 2.45) is 11.8 Å². The molecule has 2 aromatic rings. The Morgan fingerprint density at radius 2 is 1.77 bits per heavy atom. The van der Waals surface area contributed by atoms with Crippen LogP contribution in [0.25, 0.3) is 0 Å². The second-order valence-electron chi connectivity index (χ2n) is 7.10. The third kappa shape index (κ3) is 3.39. The molecule has 30 heavy (non-hydrogen) atoms. The van der Waals surface area contributed by atoms with Crippen molar-refractivity contribution in [1.29, 1.82) is 0 Å². The van der Waals surface area contributed by atoms with E-state index in [1.807, 2.05) is 12.2 Å². The number of imide groups is 1. The van der Waals surface area contributed by atoms with Crippen molar-refractivity contribution in [3.8, 4) is 5.75 Å². The van der Waals surface area contributed by atoms with Crippen molar-refractivity contribution in [3.05, 3.63) is 63.7 Å². The Labute approximate surface area is 177 Å². The van der Waals surface area contributed by atoms with Crippen LogP contribution < -0.4 is 15.0 Å². The van der Waals surface area contributed by atoms with Gasteiger partial charge in [0.05, 0.1) is 34.6 Å². The number of rotatable bonds is 5. The number of nitro benzene ring substituents is 1. The molecule has 0 saturated carbocycles. The lowest BCUT2D eigenvalue weighted by Crippen LogP contribution is -2.30. The van der Waals surface area contributed by atoms with Crippen molar-refractivity contribution >= 4 is 46.2 Å². The number of methoxy groups -OCH3 is 1. The van der Waals surface area contributed by atoms with E-state index in [0.717, 1.165) is 4.90 Å². The Morgan fingerprint density at radius 1 is 1.10 bits per heavy atom. The number of nitro groups is 1. The number of nitrogens with one attached hydrogen (secondary N) is 1. The number of carbonyl (C=O) groups is 2. The van der Waals surface area contributed by atoms with E-state index in [-0.39, 0.29) is 28.9 Å². The average molecular weight is 428 g/mol. The molecule has 0 aromatic heterocycles. The molecule has 0 bridgehead atoms. The minimum Gasteiger partial charge on any atom is -0.495 e. The van der Waals surface area contributed by atoms with Gasteiger partial charge in [0.1, 0.15) is 11.4 Å². The fourth-order valence-corrected chi connectivity index (χ4v) is 4.13. The first kappa shape index (κ1) is 19.9. The summed E-state index contributed by atoms with van der Waals surface area (Å²) in [7, 11) is 1.49. The highest BCUT2D eigenvalue weighted by Gasteiger charge is 2.48. The van der Waals surface area contributed by atoms with E-state index >= 15 is 0 Å². The number of ether oxygens (including phenoxy) is 1. The molecular formula is C21H18ClN3O5. The number of benzene rings is 2. The lowest BCUT2D eigenvalue weighted by atomic mass is 9.85. The highest BCUT2D eigenvalue weighted by Crippen LogP contribution is 2.40. The molecular weight excluding hydrogens is 410 g/mol. The molecule has 2 amide bonds. The summed E-state index contributed by atoms with van der Waals surface area (Å²) in [5.41, 5.74) is 0.683. The summed E-state index contributed by atoms with van der Waals surface area (Å²) >= 11 is 6.12. The van der Waals surface area contributed by atoms with E-state index in [1.54, 1.807) is 18.2 Å². The molecule has 1 heterocycles. The van der Waals surface area contributed by atoms with Crippen molar-refractivity contribution in [3.63, 3.8) is 0 Å². The number of hydrogen-bond donors (Lipinski definition) is 1. The molecule has 154 valence electrons. The topological polar surface area (TPSA) is 102 Å². The van der Waals surface area contributed by atoms with Crippen LogP contribution in [0.4, 0.5) is 22.7 Å². The fraction of sp³-hybridized carbons (Fsp3) is 0.238. The second kappa shape index (κ2) is 7.79. The average Bonchev–Trinajstić information content (AvgIpc) is 2.99. The molecule has 4 rings (SSSR count). The van der Waals surface area contributed by atoms with Gasteiger partial charge in [0.2, 0.25) is 11.8 Å². The molecule has 8 nitrogen and oxygen atoms in total. The standard InChI is InChI=1S/C21H18ClN3O5/c1-30-19-9-6-12(10-16(19)22)23-17-8-7-13(11-18(17)25(28)29)24-20(26)14-4-2-3-5-15(14)21(24)27/h2-3,6-11,14-15,23H,4-5H2,1H3. The van der Waals surface area contributed by atoms with Crippen molar-refractivity contribution in [2.75, 3.05) is 17.3 Å². The molecule has 1 N–H and O–H groups in total. The number of hydrogen-bond acceptors (Lipinski definition) is 6. The molecule has 1 aliphatic carbocycles. The van der Waals surface area contributed by atoms with E-state index in [1.165, 1.54) is 25.3 Å². The summed E-state index contributed by atoms with van der Waals surface area (Å²) in [5.74, 6) is -0.951. The first-order valence-electron chi connectivity index (χ1n) is 9.32. The summed E-state index contributed by atoms with van der Waals surface area (Å²) in [6, 6.07) is 9.15. The maximum absolute atomic E-state index is 12.8. The number of nitrogens with zero attached hydrogens (tertiary/aromatic N) is 2. The largest absolute Gasteiger partial charge is 0.495 e. The van der Waals surface area contributed by atoms with Crippen molar-refractivity contribution in [2.45, 2.75) is 12.8 Å². The molecule has 1 saturated heterocycles. The van der Waals surface area contributed by atoms with Gasteiger partial charge in [-0.25, -0.2) is 4.90 Å². The summed E-state index contributed by atoms with van der Waals surface area (Å²) < 4.78 is 5.10. The predicted molar refractivity (Wildman–Crippen MR) is 112 cm³/mol. The Hall–Kier alpha value is -3.39. The van der Waals surface area contributed by atoms with Crippen LogP contribution in [0.5, 0.6) is 5.75 Å². The molecule has 0 spiro atoms. The smallest absolute Gasteiger partial charge is 0.294 e. The van der Waals surface area contributed by atoms with Crippen LogP contribution in [0.1, 0.15) is 12.8 Å². The lowest BCUT2D eigenvalue weighted by Gasteiger charge is -2.16. The summed E-state index contributed by atoms with van der Waals surface area (Å²) in [6.45, 7) is 0. The summed E-state index contributed by atoms with van der Waals surface area (Å²) in [6.07, 6.45) is 4.80. The van der Waals surface area contributed by atoms with Crippen molar-refractivity contribution < 1.29 is 19.2 Å². The Kier molecular flexibility index (Phi) is 5.17. The second-order valence-corrected chi connectivity index (χ2v) is 7.51. The van der Waals surface area contributed by atoms with E-state index in [0.29, 0.717) is 29.3 Å². The van der Waals surface area contributed by atoms with Crippen LogP contribution in [-0.2, 0) is 9.59 Å². The third-order valence-corrected chi connectivity index (χ3v) is 5.67. The van der Waals surface area contributed by atoms with Crippen LogP contribution in [-0.4, -0.2) is 23.8 Å². The zero-order valence-corrected chi connectivity index (χ0v) is 16.8. The molecule has 2 aromatic carbocycles. The van der Waals surface area contributed by atoms with Gasteiger partial charge in [0.25, 0.3) is 5.69 Å². The van der Waals surface area contributed by atoms with Gasteiger partial charge in [0, 0.05) is 11.8 Å². The number of anilines is 3. The zero-order chi connectivity index (χ0) is 21.4. The molecule has 9 heteroatoms. The minimum absolute atomic E-state index is 0.199. The number of fused-ring (bicyclic) bond motifs is 1. The maximum atomic E-state index is 12.8. The molecule has 2 unspecified atom stereocenters. The first-order chi connectivity index (χ1) is 14.4. The van der Waals surface area contributed by atoms with Crippen LogP contribution in [0.3, 0.4) is 0 Å². The van der Waals surface area contributed by atoms with Crippen LogP contribution in [0.2, 0.25) is 5.02 Å². The molecule has 1 fully saturated rings. The third-order valence-electron chi connectivity index (χ3n) is 5.37. The van der Waals surface area contributed by atoms with E-state index in [9.17, 15) is 19.7 Å². The van der Waals surface area contributed by atoms with Gasteiger partial charge >= 0.3 is 0 Å². The Balaban J connectivity index is 1.66.